The molecule has 3 rings (SSSR count). The van der Waals surface area contributed by atoms with E-state index in [9.17, 15) is 4.79 Å². The third kappa shape index (κ3) is 4.31. The number of anilines is 1. The van der Waals surface area contributed by atoms with Gasteiger partial charge in [-0.3, -0.25) is 4.79 Å². The largest absolute Gasteiger partial charge is 0.438 e. The summed E-state index contributed by atoms with van der Waals surface area (Å²) in [6.07, 6.45) is 1.33. The molecule has 2 heterocycles. The number of nitrogens with zero attached hydrogens (tertiary/aromatic N) is 4. The molecule has 7 nitrogen and oxygen atoms in total. The second-order valence-corrected chi connectivity index (χ2v) is 6.36. The van der Waals surface area contributed by atoms with E-state index >= 15 is 0 Å². The number of ether oxygens (including phenoxy) is 1. The van der Waals surface area contributed by atoms with Gasteiger partial charge in [0.15, 0.2) is 5.82 Å². The standard InChI is InChI=1S/C20H23N5O2/c1-5-6-19(26)21-16-7-9-17(10-8-16)27-20-12-11-18(22-23-20)25-15(4)13(2)14(3)24-25/h7-12H,5-6H2,1-4H3,(H,21,26). The van der Waals surface area contributed by atoms with E-state index < -0.39 is 0 Å². The summed E-state index contributed by atoms with van der Waals surface area (Å²) in [6.45, 7) is 7.98. The minimum atomic E-state index is 0.00649. The van der Waals surface area contributed by atoms with Crippen molar-refractivity contribution >= 4 is 11.6 Å². The van der Waals surface area contributed by atoms with E-state index in [2.05, 4.69) is 20.6 Å². The topological polar surface area (TPSA) is 81.9 Å². The van der Waals surface area contributed by atoms with E-state index in [1.54, 1.807) is 35.0 Å². The smallest absolute Gasteiger partial charge is 0.238 e. The Morgan fingerprint density at radius 3 is 2.37 bits per heavy atom. The highest BCUT2D eigenvalue weighted by molar-refractivity contribution is 5.90. The first-order chi connectivity index (χ1) is 13.0. The van der Waals surface area contributed by atoms with Crippen molar-refractivity contribution in [1.29, 1.82) is 0 Å². The molecule has 1 aromatic carbocycles. The lowest BCUT2D eigenvalue weighted by atomic mass is 10.2. The third-order valence-electron chi connectivity index (χ3n) is 4.33. The Balaban J connectivity index is 1.68. The van der Waals surface area contributed by atoms with Crippen LogP contribution in [-0.4, -0.2) is 25.9 Å². The molecule has 2 aromatic heterocycles. The number of aryl methyl sites for hydroxylation is 1. The zero-order valence-corrected chi connectivity index (χ0v) is 16.0. The number of amides is 1. The number of benzene rings is 1. The summed E-state index contributed by atoms with van der Waals surface area (Å²) in [6, 6.07) is 10.7. The van der Waals surface area contributed by atoms with Gasteiger partial charge >= 0.3 is 0 Å². The number of hydrogen-bond donors (Lipinski definition) is 1. The molecule has 0 saturated heterocycles. The first-order valence-corrected chi connectivity index (χ1v) is 8.92. The highest BCUT2D eigenvalue weighted by Crippen LogP contribution is 2.22. The van der Waals surface area contributed by atoms with Crippen molar-refractivity contribution in [2.75, 3.05) is 5.32 Å². The molecule has 0 fully saturated rings. The number of rotatable bonds is 6. The molecule has 0 radical (unpaired) electrons. The third-order valence-corrected chi connectivity index (χ3v) is 4.33. The fourth-order valence-electron chi connectivity index (χ4n) is 2.60. The van der Waals surface area contributed by atoms with Crippen LogP contribution in [0, 0.1) is 20.8 Å². The van der Waals surface area contributed by atoms with Gasteiger partial charge in [0.25, 0.3) is 0 Å². The minimum absolute atomic E-state index is 0.00649. The van der Waals surface area contributed by atoms with Gasteiger partial charge in [0, 0.05) is 23.9 Å². The predicted molar refractivity (Wildman–Crippen MR) is 103 cm³/mol. The number of carbonyl (C=O) groups is 1. The van der Waals surface area contributed by atoms with Crippen LogP contribution in [0.3, 0.4) is 0 Å². The normalized spacial score (nSPS) is 10.7. The van der Waals surface area contributed by atoms with Crippen molar-refractivity contribution in [3.05, 3.63) is 53.3 Å². The Bertz CT molecular complexity index is 930. The summed E-state index contributed by atoms with van der Waals surface area (Å²) in [5.41, 5.74) is 3.89. The summed E-state index contributed by atoms with van der Waals surface area (Å²) in [5.74, 6) is 1.66. The maximum absolute atomic E-state index is 11.6. The molecule has 0 aliphatic carbocycles. The van der Waals surface area contributed by atoms with Gasteiger partial charge in [0.05, 0.1) is 5.69 Å². The Hall–Kier alpha value is -3.22. The molecule has 1 amide bonds. The lowest BCUT2D eigenvalue weighted by molar-refractivity contribution is -0.116. The van der Waals surface area contributed by atoms with Crippen molar-refractivity contribution in [3.63, 3.8) is 0 Å². The van der Waals surface area contributed by atoms with Crippen LogP contribution in [0.15, 0.2) is 36.4 Å². The van der Waals surface area contributed by atoms with Crippen LogP contribution in [0.4, 0.5) is 5.69 Å². The molecule has 1 N–H and O–H groups in total. The van der Waals surface area contributed by atoms with Crippen molar-refractivity contribution in [2.24, 2.45) is 0 Å². The molecule has 0 aliphatic rings. The van der Waals surface area contributed by atoms with Gasteiger partial charge in [0.2, 0.25) is 11.8 Å². The van der Waals surface area contributed by atoms with Crippen LogP contribution >= 0.6 is 0 Å². The van der Waals surface area contributed by atoms with Crippen LogP contribution in [0.25, 0.3) is 5.82 Å². The van der Waals surface area contributed by atoms with Gasteiger partial charge in [-0.15, -0.1) is 10.2 Å². The summed E-state index contributed by atoms with van der Waals surface area (Å²) in [4.78, 5) is 11.6. The van der Waals surface area contributed by atoms with Crippen molar-refractivity contribution < 1.29 is 9.53 Å². The average Bonchev–Trinajstić information content (AvgIpc) is 2.92. The molecule has 0 spiro atoms. The van der Waals surface area contributed by atoms with Gasteiger partial charge in [-0.05, 0) is 63.1 Å². The number of hydrogen-bond acceptors (Lipinski definition) is 5. The van der Waals surface area contributed by atoms with E-state index in [1.807, 2.05) is 33.8 Å². The van der Waals surface area contributed by atoms with E-state index in [0.29, 0.717) is 23.9 Å². The Morgan fingerprint density at radius 2 is 1.81 bits per heavy atom. The van der Waals surface area contributed by atoms with Crippen LogP contribution in [0.2, 0.25) is 0 Å². The zero-order chi connectivity index (χ0) is 19.4. The molecule has 0 bridgehead atoms. The molecular weight excluding hydrogens is 342 g/mol. The van der Waals surface area contributed by atoms with Gasteiger partial charge in [-0.25, -0.2) is 4.68 Å². The van der Waals surface area contributed by atoms with Crippen LogP contribution in [-0.2, 0) is 4.79 Å². The molecule has 7 heteroatoms. The Kier molecular flexibility index (Phi) is 5.49. The Labute approximate surface area is 158 Å². The minimum Gasteiger partial charge on any atom is -0.438 e. The first kappa shape index (κ1) is 18.6. The second-order valence-electron chi connectivity index (χ2n) is 6.36. The maximum atomic E-state index is 11.6. The molecule has 27 heavy (non-hydrogen) atoms. The van der Waals surface area contributed by atoms with Crippen molar-refractivity contribution in [2.45, 2.75) is 40.5 Å². The summed E-state index contributed by atoms with van der Waals surface area (Å²) >= 11 is 0. The summed E-state index contributed by atoms with van der Waals surface area (Å²) in [7, 11) is 0. The zero-order valence-electron chi connectivity index (χ0n) is 16.0. The maximum Gasteiger partial charge on any atom is 0.238 e. The van der Waals surface area contributed by atoms with Crippen LogP contribution in [0.1, 0.15) is 36.7 Å². The summed E-state index contributed by atoms with van der Waals surface area (Å²) < 4.78 is 7.49. The van der Waals surface area contributed by atoms with Crippen molar-refractivity contribution in [1.82, 2.24) is 20.0 Å². The summed E-state index contributed by atoms with van der Waals surface area (Å²) in [5, 5.41) is 15.6. The first-order valence-electron chi connectivity index (χ1n) is 8.92. The molecule has 140 valence electrons. The number of carbonyl (C=O) groups excluding carboxylic acids is 1. The Morgan fingerprint density at radius 1 is 1.07 bits per heavy atom. The SMILES string of the molecule is CCCC(=O)Nc1ccc(Oc2ccc(-n3nc(C)c(C)c3C)nn2)cc1. The molecule has 0 aliphatic heterocycles. The molecule has 0 unspecified atom stereocenters. The quantitative estimate of drug-likeness (QED) is 0.710. The van der Waals surface area contributed by atoms with E-state index in [4.69, 9.17) is 4.74 Å². The van der Waals surface area contributed by atoms with Gasteiger partial charge < -0.3 is 10.1 Å². The van der Waals surface area contributed by atoms with E-state index in [1.165, 1.54) is 0 Å². The van der Waals surface area contributed by atoms with Gasteiger partial charge in [-0.2, -0.15) is 5.10 Å². The monoisotopic (exact) mass is 365 g/mol. The lowest BCUT2D eigenvalue weighted by Gasteiger charge is -2.08. The van der Waals surface area contributed by atoms with Crippen LogP contribution < -0.4 is 10.1 Å². The average molecular weight is 365 g/mol. The lowest BCUT2D eigenvalue weighted by Crippen LogP contribution is -2.10. The molecular formula is C20H23N5O2. The van der Waals surface area contributed by atoms with E-state index in [-0.39, 0.29) is 5.91 Å². The fraction of sp³-hybridized carbons (Fsp3) is 0.300. The fourth-order valence-corrected chi connectivity index (χ4v) is 2.60. The number of aromatic nitrogens is 4. The van der Waals surface area contributed by atoms with E-state index in [0.717, 1.165) is 29.1 Å². The highest BCUT2D eigenvalue weighted by Gasteiger charge is 2.11. The molecule has 3 aromatic rings. The second kappa shape index (κ2) is 7.99. The number of nitrogens with one attached hydrogen (secondary N) is 1. The highest BCUT2D eigenvalue weighted by atomic mass is 16.5. The van der Waals surface area contributed by atoms with Crippen LogP contribution in [0.5, 0.6) is 11.6 Å². The molecule has 0 atom stereocenters. The van der Waals surface area contributed by atoms with Crippen molar-refractivity contribution in [3.8, 4) is 17.4 Å². The van der Waals surface area contributed by atoms with Gasteiger partial charge in [0.1, 0.15) is 5.75 Å². The van der Waals surface area contributed by atoms with Gasteiger partial charge in [-0.1, -0.05) is 6.92 Å². The predicted octanol–water partition coefficient (Wildman–Crippen LogP) is 4.12. The molecule has 0 saturated carbocycles.